The first kappa shape index (κ1) is 49.3. The molecule has 8 heteroatoms. The highest BCUT2D eigenvalue weighted by Gasteiger charge is 2.46. The molecule has 3 atom stereocenters. The maximum atomic E-state index is 12.9. The van der Waals surface area contributed by atoms with Gasteiger partial charge in [-0.1, -0.05) is 218 Å². The smallest absolute Gasteiger partial charge is 0.448 e. The van der Waals surface area contributed by atoms with E-state index in [1.165, 1.54) is 180 Å². The van der Waals surface area contributed by atoms with Crippen molar-refractivity contribution < 1.29 is 33.8 Å². The van der Waals surface area contributed by atoms with Gasteiger partial charge in [-0.15, -0.1) is 0 Å². The second-order valence-corrected chi connectivity index (χ2v) is 16.1. The molecule has 0 saturated carbocycles. The number of carbonyl (C=O) groups excluding carboxylic acids is 2. The normalized spacial score (nSPS) is 15.8. The van der Waals surface area contributed by atoms with Gasteiger partial charge < -0.3 is 14.6 Å². The summed E-state index contributed by atoms with van der Waals surface area (Å²) in [5.41, 5.74) is 0. The lowest BCUT2D eigenvalue weighted by molar-refractivity contribution is -0.177. The number of amides is 2. The van der Waals surface area contributed by atoms with E-state index in [-0.39, 0.29) is 18.4 Å². The number of ether oxygens (including phenoxy) is 2. The topological polar surface area (TPSA) is 102 Å². The van der Waals surface area contributed by atoms with Crippen molar-refractivity contribution >= 4 is 18.0 Å². The average Bonchev–Trinajstić information content (AvgIpc) is 3.42. The second kappa shape index (κ2) is 36.0. The Morgan fingerprint density at radius 3 is 1.28 bits per heavy atom. The number of imide groups is 1. The SMILES string of the molecule is CCCCCCCCCCCCCCCCCCOC[C@H](OCCCCCCCCCCCCCCCCCC)[C@H](C)C1CC(=O)N(OC(=O)O)C1=O. The van der Waals surface area contributed by atoms with Gasteiger partial charge in [-0.3, -0.25) is 14.4 Å². The van der Waals surface area contributed by atoms with Gasteiger partial charge in [0.1, 0.15) is 0 Å². The highest BCUT2D eigenvalue weighted by atomic mass is 16.8. The third-order valence-electron chi connectivity index (χ3n) is 11.3. The molecule has 53 heavy (non-hydrogen) atoms. The van der Waals surface area contributed by atoms with Crippen molar-refractivity contribution in [2.24, 2.45) is 11.8 Å². The molecule has 0 aromatic carbocycles. The lowest BCUT2D eigenvalue weighted by atomic mass is 9.88. The predicted molar refractivity (Wildman–Crippen MR) is 218 cm³/mol. The second-order valence-electron chi connectivity index (χ2n) is 16.1. The van der Waals surface area contributed by atoms with Crippen LogP contribution < -0.4 is 0 Å². The van der Waals surface area contributed by atoms with Crippen LogP contribution in [0.2, 0.25) is 0 Å². The van der Waals surface area contributed by atoms with E-state index in [1.807, 2.05) is 6.92 Å². The van der Waals surface area contributed by atoms with Crippen LogP contribution in [0.15, 0.2) is 0 Å². The molecule has 0 bridgehead atoms. The van der Waals surface area contributed by atoms with Gasteiger partial charge in [0.05, 0.1) is 18.6 Å². The molecule has 0 radical (unpaired) electrons. The summed E-state index contributed by atoms with van der Waals surface area (Å²) in [5.74, 6) is -2.23. The van der Waals surface area contributed by atoms with Crippen molar-refractivity contribution in [2.45, 2.75) is 239 Å². The zero-order chi connectivity index (χ0) is 38.6. The molecule has 1 N–H and O–H groups in total. The van der Waals surface area contributed by atoms with E-state index in [9.17, 15) is 14.4 Å². The minimum atomic E-state index is -1.67. The Bertz CT molecular complexity index is 868. The van der Waals surface area contributed by atoms with Crippen LogP contribution in [-0.2, 0) is 23.9 Å². The number of unbranched alkanes of at least 4 members (excludes halogenated alkanes) is 30. The molecular weight excluding hydrogens is 666 g/mol. The van der Waals surface area contributed by atoms with Crippen molar-refractivity contribution in [3.05, 3.63) is 0 Å². The van der Waals surface area contributed by atoms with Crippen LogP contribution in [0.3, 0.4) is 0 Å². The summed E-state index contributed by atoms with van der Waals surface area (Å²) in [6.45, 7) is 8.04. The van der Waals surface area contributed by atoms with Crippen molar-refractivity contribution in [2.75, 3.05) is 19.8 Å². The Kier molecular flexibility index (Phi) is 33.5. The van der Waals surface area contributed by atoms with Crippen LogP contribution in [0.5, 0.6) is 0 Å². The Hall–Kier alpha value is -1.67. The predicted octanol–water partition coefficient (Wildman–Crippen LogP) is 13.5. The summed E-state index contributed by atoms with van der Waals surface area (Å²) in [6, 6.07) is 0. The van der Waals surface area contributed by atoms with Gasteiger partial charge in [-0.05, 0) is 18.8 Å². The highest BCUT2D eigenvalue weighted by Crippen LogP contribution is 2.31. The summed E-state index contributed by atoms with van der Waals surface area (Å²) in [5, 5.41) is 9.36. The standard InChI is InChI=1S/C45H85NO7/c1-4-6-8-10-12-14-16-18-20-22-24-26-28-30-32-34-36-51-39-42(40(3)41-38-43(47)46(44(41)48)53-45(49)50)52-37-35-33-31-29-27-25-23-21-19-17-15-13-11-9-7-5-2/h40-42H,4-39H2,1-3H3,(H,49,50)/t40-,41?,42+/m1/s1. The zero-order valence-electron chi connectivity index (χ0n) is 35.0. The highest BCUT2D eigenvalue weighted by molar-refractivity contribution is 6.03. The van der Waals surface area contributed by atoms with Gasteiger partial charge in [-0.25, -0.2) is 4.79 Å². The third-order valence-corrected chi connectivity index (χ3v) is 11.3. The first-order valence-electron chi connectivity index (χ1n) is 22.9. The number of carbonyl (C=O) groups is 3. The Morgan fingerprint density at radius 2 is 0.925 bits per heavy atom. The van der Waals surface area contributed by atoms with Gasteiger partial charge in [0.25, 0.3) is 11.8 Å². The molecule has 1 heterocycles. The number of nitrogens with zero attached hydrogens (tertiary/aromatic N) is 1. The molecule has 1 unspecified atom stereocenters. The van der Waals surface area contributed by atoms with E-state index < -0.39 is 23.9 Å². The molecule has 1 saturated heterocycles. The van der Waals surface area contributed by atoms with Gasteiger partial charge in [0.15, 0.2) is 0 Å². The number of carboxylic acid groups (broad SMARTS) is 1. The lowest BCUT2D eigenvalue weighted by Crippen LogP contribution is -2.38. The van der Waals surface area contributed by atoms with E-state index in [2.05, 4.69) is 18.7 Å². The van der Waals surface area contributed by atoms with E-state index >= 15 is 0 Å². The molecule has 2 amide bonds. The number of rotatable bonds is 40. The maximum absolute atomic E-state index is 12.9. The summed E-state index contributed by atoms with van der Waals surface area (Å²) < 4.78 is 12.4. The van der Waals surface area contributed by atoms with Gasteiger partial charge in [0, 0.05) is 19.6 Å². The summed E-state index contributed by atoms with van der Waals surface area (Å²) in [6.07, 6.45) is 40.2. The van der Waals surface area contributed by atoms with Gasteiger partial charge in [-0.2, -0.15) is 0 Å². The molecule has 312 valence electrons. The van der Waals surface area contributed by atoms with Gasteiger partial charge in [0.2, 0.25) is 0 Å². The first-order chi connectivity index (χ1) is 25.9. The number of hydroxylamine groups is 2. The zero-order valence-corrected chi connectivity index (χ0v) is 35.0. The first-order valence-corrected chi connectivity index (χ1v) is 22.9. The van der Waals surface area contributed by atoms with Crippen LogP contribution in [0.25, 0.3) is 0 Å². The van der Waals surface area contributed by atoms with Crippen molar-refractivity contribution in [1.82, 2.24) is 5.06 Å². The summed E-state index contributed by atoms with van der Waals surface area (Å²) >= 11 is 0. The molecule has 0 aromatic heterocycles. The minimum Gasteiger partial charge on any atom is -0.448 e. The Balaban J connectivity index is 2.22. The van der Waals surface area contributed by atoms with E-state index in [1.54, 1.807) is 0 Å². The van der Waals surface area contributed by atoms with Crippen molar-refractivity contribution in [3.8, 4) is 0 Å². The quantitative estimate of drug-likeness (QED) is 0.0491. The van der Waals surface area contributed by atoms with Gasteiger partial charge >= 0.3 is 6.16 Å². The molecule has 0 aromatic rings. The largest absolute Gasteiger partial charge is 0.531 e. The molecule has 0 spiro atoms. The third kappa shape index (κ3) is 27.5. The fraction of sp³-hybridized carbons (Fsp3) is 0.933. The fourth-order valence-corrected chi connectivity index (χ4v) is 7.66. The van der Waals surface area contributed by atoms with E-state index in [0.29, 0.717) is 24.9 Å². The lowest BCUT2D eigenvalue weighted by Gasteiger charge is -2.27. The fourth-order valence-electron chi connectivity index (χ4n) is 7.66. The minimum absolute atomic E-state index is 0.0781. The molecule has 8 nitrogen and oxygen atoms in total. The molecule has 1 aliphatic heterocycles. The van der Waals surface area contributed by atoms with Crippen LogP contribution in [0.4, 0.5) is 4.79 Å². The van der Waals surface area contributed by atoms with Crippen LogP contribution >= 0.6 is 0 Å². The van der Waals surface area contributed by atoms with Crippen molar-refractivity contribution in [3.63, 3.8) is 0 Å². The molecule has 0 aliphatic carbocycles. The van der Waals surface area contributed by atoms with E-state index in [4.69, 9.17) is 14.6 Å². The molecular formula is C45H85NO7. The number of hydrogen-bond acceptors (Lipinski definition) is 6. The van der Waals surface area contributed by atoms with E-state index in [0.717, 1.165) is 25.7 Å². The molecule has 1 aliphatic rings. The summed E-state index contributed by atoms with van der Waals surface area (Å²) in [4.78, 5) is 40.7. The Morgan fingerprint density at radius 1 is 0.585 bits per heavy atom. The monoisotopic (exact) mass is 752 g/mol. The van der Waals surface area contributed by atoms with Crippen LogP contribution in [0, 0.1) is 11.8 Å². The average molecular weight is 752 g/mol. The molecule has 1 fully saturated rings. The number of hydrogen-bond donors (Lipinski definition) is 1. The van der Waals surface area contributed by atoms with Crippen molar-refractivity contribution in [1.29, 1.82) is 0 Å². The summed E-state index contributed by atoms with van der Waals surface area (Å²) in [7, 11) is 0. The van der Waals surface area contributed by atoms with Crippen LogP contribution in [0.1, 0.15) is 233 Å². The van der Waals surface area contributed by atoms with Crippen LogP contribution in [-0.4, -0.2) is 54.1 Å². The maximum Gasteiger partial charge on any atom is 0.531 e. The Labute approximate surface area is 326 Å². The molecule has 1 rings (SSSR count).